The molecule has 1 N–H and O–H groups in total. The molecule has 0 bridgehead atoms. The van der Waals surface area contributed by atoms with Crippen LogP contribution in [0.5, 0.6) is 0 Å². The van der Waals surface area contributed by atoms with Crippen LogP contribution in [0.1, 0.15) is 24.3 Å². The Bertz CT molecular complexity index is 1200. The van der Waals surface area contributed by atoms with E-state index < -0.39 is 0 Å². The first-order valence-electron chi connectivity index (χ1n) is 10.7. The Balaban J connectivity index is 1.38. The second kappa shape index (κ2) is 8.44. The van der Waals surface area contributed by atoms with Gasteiger partial charge in [-0.3, -0.25) is 4.98 Å². The number of aromatic nitrogens is 2. The molecule has 1 saturated heterocycles. The van der Waals surface area contributed by atoms with E-state index >= 15 is 0 Å². The minimum atomic E-state index is -0.231. The second-order valence-electron chi connectivity index (χ2n) is 8.25. The molecule has 1 aliphatic heterocycles. The Morgan fingerprint density at radius 1 is 0.968 bits per heavy atom. The Kier molecular flexibility index (Phi) is 5.35. The van der Waals surface area contributed by atoms with Gasteiger partial charge in [-0.05, 0) is 74.3 Å². The molecule has 4 aromatic rings. The van der Waals surface area contributed by atoms with Crippen molar-refractivity contribution < 1.29 is 4.39 Å². The number of hydrogen-bond acceptors (Lipinski definition) is 4. The molecule has 0 saturated carbocycles. The number of fused-ring (bicyclic) bond motifs is 1. The van der Waals surface area contributed by atoms with Crippen LogP contribution in [0.4, 0.5) is 15.9 Å². The Hall–Kier alpha value is -3.31. The van der Waals surface area contributed by atoms with Gasteiger partial charge in [0.2, 0.25) is 0 Å². The summed E-state index contributed by atoms with van der Waals surface area (Å²) in [7, 11) is 2.18. The zero-order chi connectivity index (χ0) is 21.2. The van der Waals surface area contributed by atoms with Crippen LogP contribution in [0.15, 0.2) is 73.1 Å². The first-order valence-corrected chi connectivity index (χ1v) is 10.7. The lowest BCUT2D eigenvalue weighted by atomic mass is 9.91. The molecule has 1 fully saturated rings. The Labute approximate surface area is 181 Å². The summed E-state index contributed by atoms with van der Waals surface area (Å²) in [6, 6.07) is 18.8. The molecule has 0 spiro atoms. The van der Waals surface area contributed by atoms with E-state index in [0.29, 0.717) is 11.5 Å². The van der Waals surface area contributed by atoms with Crippen LogP contribution in [0.25, 0.3) is 22.0 Å². The number of benzene rings is 2. The topological polar surface area (TPSA) is 41.0 Å². The molecule has 2 aromatic carbocycles. The van der Waals surface area contributed by atoms with E-state index in [9.17, 15) is 4.39 Å². The van der Waals surface area contributed by atoms with E-state index in [4.69, 9.17) is 0 Å². The lowest BCUT2D eigenvalue weighted by Crippen LogP contribution is -2.29. The van der Waals surface area contributed by atoms with Gasteiger partial charge >= 0.3 is 0 Å². The van der Waals surface area contributed by atoms with E-state index in [2.05, 4.69) is 33.3 Å². The number of likely N-dealkylation sites (tertiary alicyclic amines) is 1. The van der Waals surface area contributed by atoms with Crippen LogP contribution in [-0.4, -0.2) is 35.0 Å². The number of halogens is 1. The predicted molar refractivity (Wildman–Crippen MR) is 124 cm³/mol. The minimum absolute atomic E-state index is 0.231. The van der Waals surface area contributed by atoms with Gasteiger partial charge in [-0.2, -0.15) is 0 Å². The van der Waals surface area contributed by atoms with E-state index in [-0.39, 0.29) is 5.82 Å². The summed E-state index contributed by atoms with van der Waals surface area (Å²) in [4.78, 5) is 11.5. The fourth-order valence-electron chi connectivity index (χ4n) is 4.32. The number of hydrogen-bond donors (Lipinski definition) is 1. The van der Waals surface area contributed by atoms with Gasteiger partial charge in [-0.15, -0.1) is 0 Å². The van der Waals surface area contributed by atoms with Crippen molar-refractivity contribution in [2.45, 2.75) is 18.8 Å². The molecule has 31 heavy (non-hydrogen) atoms. The van der Waals surface area contributed by atoms with Gasteiger partial charge in [0.1, 0.15) is 11.6 Å². The Morgan fingerprint density at radius 3 is 2.58 bits per heavy atom. The first kappa shape index (κ1) is 19.6. The molecule has 3 heterocycles. The van der Waals surface area contributed by atoms with Gasteiger partial charge in [0.05, 0.1) is 11.2 Å². The van der Waals surface area contributed by atoms with Crippen LogP contribution in [0.3, 0.4) is 0 Å². The molecule has 0 unspecified atom stereocenters. The van der Waals surface area contributed by atoms with Crippen molar-refractivity contribution in [1.29, 1.82) is 0 Å². The molecule has 2 aromatic heterocycles. The van der Waals surface area contributed by atoms with E-state index in [0.717, 1.165) is 41.1 Å². The third-order valence-electron chi connectivity index (χ3n) is 6.17. The molecule has 0 amide bonds. The van der Waals surface area contributed by atoms with Crippen molar-refractivity contribution >= 4 is 22.4 Å². The maximum atomic E-state index is 14.2. The number of nitrogens with one attached hydrogen (secondary N) is 1. The third-order valence-corrected chi connectivity index (χ3v) is 6.17. The number of anilines is 2. The lowest BCUT2D eigenvalue weighted by molar-refractivity contribution is 0.255. The normalized spacial score (nSPS) is 15.3. The molecule has 5 rings (SSSR count). The molecule has 0 atom stereocenters. The van der Waals surface area contributed by atoms with E-state index in [1.165, 1.54) is 24.5 Å². The average Bonchev–Trinajstić information content (AvgIpc) is 2.80. The second-order valence-corrected chi connectivity index (χ2v) is 8.25. The highest BCUT2D eigenvalue weighted by Gasteiger charge is 2.18. The smallest absolute Gasteiger partial charge is 0.131 e. The standard InChI is InChI=1S/C26H25FN4/c1-31-14-11-18(12-15-31)20-7-9-26(29-17-20)30-24-10-13-28-25-16-19(6-8-22(24)25)21-4-2-3-5-23(21)27/h2-10,13,16-18H,11-12,14-15H2,1H3,(H,28,29,30). The molecule has 4 nitrogen and oxygen atoms in total. The van der Waals surface area contributed by atoms with Gasteiger partial charge in [-0.25, -0.2) is 9.37 Å². The van der Waals surface area contributed by atoms with Crippen molar-refractivity contribution in [2.75, 3.05) is 25.5 Å². The van der Waals surface area contributed by atoms with Gasteiger partial charge in [0, 0.05) is 23.3 Å². The fourth-order valence-corrected chi connectivity index (χ4v) is 4.32. The van der Waals surface area contributed by atoms with Gasteiger partial charge < -0.3 is 10.2 Å². The molecule has 156 valence electrons. The predicted octanol–water partition coefficient (Wildman–Crippen LogP) is 5.99. The SMILES string of the molecule is CN1CCC(c2ccc(Nc3ccnc4cc(-c5ccccc5F)ccc34)nc2)CC1. The number of nitrogens with zero attached hydrogens (tertiary/aromatic N) is 3. The molecular weight excluding hydrogens is 387 g/mol. The van der Waals surface area contributed by atoms with Crippen molar-refractivity contribution in [2.24, 2.45) is 0 Å². The summed E-state index contributed by atoms with van der Waals surface area (Å²) >= 11 is 0. The van der Waals surface area contributed by atoms with Crippen molar-refractivity contribution in [3.05, 3.63) is 84.4 Å². The molecule has 1 aliphatic rings. The maximum absolute atomic E-state index is 14.2. The maximum Gasteiger partial charge on any atom is 0.131 e. The highest BCUT2D eigenvalue weighted by atomic mass is 19.1. The van der Waals surface area contributed by atoms with Crippen molar-refractivity contribution in [1.82, 2.24) is 14.9 Å². The highest BCUT2D eigenvalue weighted by Crippen LogP contribution is 2.31. The minimum Gasteiger partial charge on any atom is -0.340 e. The summed E-state index contributed by atoms with van der Waals surface area (Å²) < 4.78 is 14.2. The third kappa shape index (κ3) is 4.14. The first-order chi connectivity index (χ1) is 15.2. The van der Waals surface area contributed by atoms with Gasteiger partial charge in [0.15, 0.2) is 0 Å². The van der Waals surface area contributed by atoms with Crippen molar-refractivity contribution in [3.8, 4) is 11.1 Å². The largest absolute Gasteiger partial charge is 0.340 e. The van der Waals surface area contributed by atoms with Crippen LogP contribution in [0, 0.1) is 5.82 Å². The quantitative estimate of drug-likeness (QED) is 0.447. The van der Waals surface area contributed by atoms with Gasteiger partial charge in [-0.1, -0.05) is 36.4 Å². The lowest BCUT2D eigenvalue weighted by Gasteiger charge is -2.29. The Morgan fingerprint density at radius 2 is 1.81 bits per heavy atom. The summed E-state index contributed by atoms with van der Waals surface area (Å²) in [5, 5.41) is 4.40. The fraction of sp³-hybridized carbons (Fsp3) is 0.231. The van der Waals surface area contributed by atoms with Crippen molar-refractivity contribution in [3.63, 3.8) is 0 Å². The van der Waals surface area contributed by atoms with Crippen LogP contribution >= 0.6 is 0 Å². The number of pyridine rings is 2. The number of rotatable bonds is 4. The van der Waals surface area contributed by atoms with E-state index in [1.54, 1.807) is 18.3 Å². The van der Waals surface area contributed by atoms with Gasteiger partial charge in [0.25, 0.3) is 0 Å². The zero-order valence-corrected chi connectivity index (χ0v) is 17.6. The summed E-state index contributed by atoms with van der Waals surface area (Å²) in [5.41, 5.74) is 4.46. The summed E-state index contributed by atoms with van der Waals surface area (Å²) in [6.45, 7) is 2.28. The van der Waals surface area contributed by atoms with E-state index in [1.807, 2.05) is 42.6 Å². The molecule has 0 aliphatic carbocycles. The molecule has 5 heteroatoms. The highest BCUT2D eigenvalue weighted by molar-refractivity contribution is 5.95. The monoisotopic (exact) mass is 412 g/mol. The summed E-state index contributed by atoms with van der Waals surface area (Å²) in [5.74, 6) is 1.17. The summed E-state index contributed by atoms with van der Waals surface area (Å²) in [6.07, 6.45) is 6.13. The molecule has 0 radical (unpaired) electrons. The van der Waals surface area contributed by atoms with Crippen LogP contribution < -0.4 is 5.32 Å². The average molecular weight is 413 g/mol. The van der Waals surface area contributed by atoms with Crippen LogP contribution in [0.2, 0.25) is 0 Å². The van der Waals surface area contributed by atoms with Crippen LogP contribution in [-0.2, 0) is 0 Å². The number of piperidine rings is 1. The molecular formula is C26H25FN4. The zero-order valence-electron chi connectivity index (χ0n) is 17.6.